The minimum atomic E-state index is -0.382. The molecule has 5 heteroatoms. The summed E-state index contributed by atoms with van der Waals surface area (Å²) in [6.07, 6.45) is 2.02. The molecule has 4 nitrogen and oxygen atoms in total. The number of benzene rings is 3. The Labute approximate surface area is 179 Å². The highest BCUT2D eigenvalue weighted by atomic mass is 19.1. The van der Waals surface area contributed by atoms with Crippen LogP contribution in [0.3, 0.4) is 0 Å². The molecule has 0 spiro atoms. The van der Waals surface area contributed by atoms with E-state index in [9.17, 15) is 14.0 Å². The number of halogens is 1. The van der Waals surface area contributed by atoms with Crippen LogP contribution in [-0.4, -0.2) is 11.6 Å². The SMILES string of the molecule is O=C1CCCC2=C1[C@H](c1ccc(F)cc1)Nc1ccc(C(=O)c3ccccc3)cc1N2. The summed E-state index contributed by atoms with van der Waals surface area (Å²) >= 11 is 0. The largest absolute Gasteiger partial charge is 0.372 e. The molecule has 0 bridgehead atoms. The molecule has 1 aliphatic carbocycles. The lowest BCUT2D eigenvalue weighted by atomic mass is 9.87. The van der Waals surface area contributed by atoms with Gasteiger partial charge in [-0.3, -0.25) is 9.59 Å². The van der Waals surface area contributed by atoms with Crippen LogP contribution >= 0.6 is 0 Å². The topological polar surface area (TPSA) is 58.2 Å². The second-order valence-electron chi connectivity index (χ2n) is 7.88. The van der Waals surface area contributed by atoms with Gasteiger partial charge in [0.25, 0.3) is 0 Å². The third-order valence-electron chi connectivity index (χ3n) is 5.85. The fourth-order valence-corrected chi connectivity index (χ4v) is 4.29. The van der Waals surface area contributed by atoms with E-state index in [1.54, 1.807) is 30.3 Å². The van der Waals surface area contributed by atoms with Gasteiger partial charge in [0.05, 0.1) is 17.4 Å². The van der Waals surface area contributed by atoms with Crippen molar-refractivity contribution in [2.45, 2.75) is 25.3 Å². The first kappa shape index (κ1) is 19.2. The Morgan fingerprint density at radius 2 is 1.65 bits per heavy atom. The second kappa shape index (κ2) is 7.84. The van der Waals surface area contributed by atoms with E-state index in [1.807, 2.05) is 30.3 Å². The third-order valence-corrected chi connectivity index (χ3v) is 5.85. The van der Waals surface area contributed by atoms with Gasteiger partial charge in [-0.2, -0.15) is 0 Å². The first-order valence-electron chi connectivity index (χ1n) is 10.4. The molecule has 31 heavy (non-hydrogen) atoms. The number of anilines is 2. The molecule has 5 rings (SSSR count). The maximum atomic E-state index is 13.5. The van der Waals surface area contributed by atoms with Gasteiger partial charge in [-0.1, -0.05) is 42.5 Å². The summed E-state index contributed by atoms with van der Waals surface area (Å²) in [4.78, 5) is 25.8. The molecular formula is C26H21FN2O2. The molecule has 1 atom stereocenters. The van der Waals surface area contributed by atoms with Crippen molar-refractivity contribution in [1.29, 1.82) is 0 Å². The summed E-state index contributed by atoms with van der Waals surface area (Å²) < 4.78 is 13.5. The number of carbonyl (C=O) groups excluding carboxylic acids is 2. The summed E-state index contributed by atoms with van der Waals surface area (Å²) in [7, 11) is 0. The van der Waals surface area contributed by atoms with Gasteiger partial charge in [0.15, 0.2) is 11.6 Å². The van der Waals surface area contributed by atoms with Crippen molar-refractivity contribution in [3.8, 4) is 0 Å². The zero-order chi connectivity index (χ0) is 21.4. The van der Waals surface area contributed by atoms with Crippen molar-refractivity contribution in [2.75, 3.05) is 10.6 Å². The van der Waals surface area contributed by atoms with E-state index in [0.717, 1.165) is 35.5 Å². The number of fused-ring (bicyclic) bond motifs is 1. The molecule has 1 aliphatic heterocycles. The predicted octanol–water partition coefficient (Wildman–Crippen LogP) is 5.64. The number of ketones is 2. The van der Waals surface area contributed by atoms with E-state index in [1.165, 1.54) is 12.1 Å². The van der Waals surface area contributed by atoms with E-state index in [-0.39, 0.29) is 23.4 Å². The van der Waals surface area contributed by atoms with Gasteiger partial charge in [-0.25, -0.2) is 4.39 Å². The molecular weight excluding hydrogens is 391 g/mol. The molecule has 2 aliphatic rings. The van der Waals surface area contributed by atoms with Gasteiger partial charge in [0.1, 0.15) is 5.82 Å². The molecule has 154 valence electrons. The summed E-state index contributed by atoms with van der Waals surface area (Å²) in [5.74, 6) is -0.286. The molecule has 0 saturated heterocycles. The van der Waals surface area contributed by atoms with Crippen LogP contribution in [-0.2, 0) is 4.79 Å². The van der Waals surface area contributed by atoms with Crippen LogP contribution < -0.4 is 10.6 Å². The minimum absolute atomic E-state index is 0.0570. The van der Waals surface area contributed by atoms with Gasteiger partial charge in [-0.05, 0) is 48.7 Å². The predicted molar refractivity (Wildman–Crippen MR) is 119 cm³/mol. The van der Waals surface area contributed by atoms with Crippen molar-refractivity contribution in [1.82, 2.24) is 0 Å². The number of rotatable bonds is 3. The first-order chi connectivity index (χ1) is 15.1. The Morgan fingerprint density at radius 1 is 0.871 bits per heavy atom. The van der Waals surface area contributed by atoms with Crippen LogP contribution in [0, 0.1) is 5.82 Å². The summed E-state index contributed by atoms with van der Waals surface area (Å²) in [6.45, 7) is 0. The van der Waals surface area contributed by atoms with E-state index in [0.29, 0.717) is 23.1 Å². The maximum Gasteiger partial charge on any atom is 0.193 e. The molecule has 0 aromatic heterocycles. The van der Waals surface area contributed by atoms with Crippen LogP contribution in [0.4, 0.5) is 15.8 Å². The van der Waals surface area contributed by atoms with Gasteiger partial charge in [0.2, 0.25) is 0 Å². The van der Waals surface area contributed by atoms with Crippen molar-refractivity contribution in [2.24, 2.45) is 0 Å². The summed E-state index contributed by atoms with van der Waals surface area (Å²) in [6, 6.07) is 20.5. The fourth-order valence-electron chi connectivity index (χ4n) is 4.29. The number of carbonyl (C=O) groups is 2. The first-order valence-corrected chi connectivity index (χ1v) is 10.4. The van der Waals surface area contributed by atoms with Crippen molar-refractivity contribution in [3.05, 3.63) is 107 Å². The second-order valence-corrected chi connectivity index (χ2v) is 7.88. The maximum absolute atomic E-state index is 13.5. The molecule has 0 radical (unpaired) electrons. The molecule has 3 aromatic carbocycles. The lowest BCUT2D eigenvalue weighted by Crippen LogP contribution is -2.23. The average molecular weight is 412 g/mol. The average Bonchev–Trinajstić information content (AvgIpc) is 2.96. The van der Waals surface area contributed by atoms with Crippen LogP contribution in [0.2, 0.25) is 0 Å². The highest BCUT2D eigenvalue weighted by Gasteiger charge is 2.32. The fraction of sp³-hybridized carbons (Fsp3) is 0.154. The highest BCUT2D eigenvalue weighted by molar-refractivity contribution is 6.10. The molecule has 0 amide bonds. The van der Waals surface area contributed by atoms with Crippen molar-refractivity contribution >= 4 is 22.9 Å². The van der Waals surface area contributed by atoms with E-state index < -0.39 is 0 Å². The Kier molecular flexibility index (Phi) is 4.86. The van der Waals surface area contributed by atoms with Gasteiger partial charge >= 0.3 is 0 Å². The molecule has 1 heterocycles. The lowest BCUT2D eigenvalue weighted by Gasteiger charge is -2.25. The smallest absolute Gasteiger partial charge is 0.193 e. The van der Waals surface area contributed by atoms with Gasteiger partial charge in [-0.15, -0.1) is 0 Å². The van der Waals surface area contributed by atoms with Crippen LogP contribution in [0.1, 0.15) is 46.8 Å². The standard InChI is InChI=1S/C26H21FN2O2/c27-19-12-9-16(10-13-19)25-24-21(7-4-8-23(24)30)28-22-15-18(11-14-20(22)29-25)26(31)17-5-2-1-3-6-17/h1-3,5-6,9-15,25,28-29H,4,7-8H2/t25-/m0/s1. The normalized spacial score (nSPS) is 17.7. The van der Waals surface area contributed by atoms with Crippen molar-refractivity contribution in [3.63, 3.8) is 0 Å². The zero-order valence-corrected chi connectivity index (χ0v) is 16.8. The summed E-state index contributed by atoms with van der Waals surface area (Å²) in [5.41, 5.74) is 5.12. The lowest BCUT2D eigenvalue weighted by molar-refractivity contribution is -0.116. The Hall–Kier alpha value is -3.73. The monoisotopic (exact) mass is 412 g/mol. The van der Waals surface area contributed by atoms with Crippen LogP contribution in [0.15, 0.2) is 84.1 Å². The summed E-state index contributed by atoms with van der Waals surface area (Å²) in [5, 5.41) is 6.88. The zero-order valence-electron chi connectivity index (χ0n) is 16.8. The third kappa shape index (κ3) is 3.63. The van der Waals surface area contributed by atoms with Gasteiger partial charge < -0.3 is 10.6 Å². The van der Waals surface area contributed by atoms with Crippen LogP contribution in [0.25, 0.3) is 0 Å². The van der Waals surface area contributed by atoms with Crippen molar-refractivity contribution < 1.29 is 14.0 Å². The quantitative estimate of drug-likeness (QED) is 0.547. The van der Waals surface area contributed by atoms with Gasteiger partial charge in [0, 0.05) is 28.8 Å². The number of hydrogen-bond acceptors (Lipinski definition) is 4. The Bertz CT molecular complexity index is 1200. The molecule has 0 saturated carbocycles. The molecule has 0 fully saturated rings. The van der Waals surface area contributed by atoms with E-state index >= 15 is 0 Å². The molecule has 2 N–H and O–H groups in total. The number of Topliss-reactive ketones (excluding diaryl/α,β-unsaturated/α-hetero) is 1. The minimum Gasteiger partial charge on any atom is -0.372 e. The number of hydrogen-bond donors (Lipinski definition) is 2. The number of allylic oxidation sites excluding steroid dienone is 1. The Morgan fingerprint density at radius 3 is 2.42 bits per heavy atom. The van der Waals surface area contributed by atoms with E-state index in [4.69, 9.17) is 0 Å². The van der Waals surface area contributed by atoms with E-state index in [2.05, 4.69) is 10.6 Å². The highest BCUT2D eigenvalue weighted by Crippen LogP contribution is 2.41. The Balaban J connectivity index is 1.58. The molecule has 3 aromatic rings. The molecule has 0 unspecified atom stereocenters. The number of nitrogens with one attached hydrogen (secondary N) is 2. The van der Waals surface area contributed by atoms with Crippen LogP contribution in [0.5, 0.6) is 0 Å².